The van der Waals surface area contributed by atoms with Crippen molar-refractivity contribution < 1.29 is 9.53 Å². The summed E-state index contributed by atoms with van der Waals surface area (Å²) in [5.74, 6) is 0.108. The van der Waals surface area contributed by atoms with Gasteiger partial charge in [-0.05, 0) is 6.42 Å². The number of carbonyl (C=O) groups is 1. The highest BCUT2D eigenvalue weighted by molar-refractivity contribution is 5.65. The van der Waals surface area contributed by atoms with Gasteiger partial charge in [-0.2, -0.15) is 0 Å². The van der Waals surface area contributed by atoms with E-state index in [1.54, 1.807) is 0 Å². The molecule has 0 bridgehead atoms. The van der Waals surface area contributed by atoms with Gasteiger partial charge in [0.2, 0.25) is 0 Å². The molecule has 2 nitrogen and oxygen atoms in total. The Kier molecular flexibility index (Phi) is 5.53. The van der Waals surface area contributed by atoms with Crippen molar-refractivity contribution in [3.63, 3.8) is 0 Å². The molecule has 0 aliphatic rings. The van der Waals surface area contributed by atoms with Crippen molar-refractivity contribution in [1.82, 2.24) is 0 Å². The first-order valence-electron chi connectivity index (χ1n) is 3.96. The van der Waals surface area contributed by atoms with Gasteiger partial charge < -0.3 is 4.74 Å². The summed E-state index contributed by atoms with van der Waals surface area (Å²) in [5.41, 5.74) is 0. The molecule has 0 N–H and O–H groups in total. The number of carbonyl (C=O) groups excluding carboxylic acids is 1. The zero-order valence-electron chi connectivity index (χ0n) is 7.30. The topological polar surface area (TPSA) is 26.3 Å². The van der Waals surface area contributed by atoms with Gasteiger partial charge in [-0.1, -0.05) is 19.4 Å². The van der Waals surface area contributed by atoms with Crippen molar-refractivity contribution in [2.24, 2.45) is 5.92 Å². The second kappa shape index (κ2) is 5.96. The molecule has 0 amide bonds. The third-order valence-electron chi connectivity index (χ3n) is 1.49. The molecule has 0 fully saturated rings. The van der Waals surface area contributed by atoms with Crippen LogP contribution in [-0.2, 0) is 9.53 Å². The van der Waals surface area contributed by atoms with Gasteiger partial charge >= 0.3 is 5.97 Å². The molecule has 0 aliphatic carbocycles. The Balaban J connectivity index is 3.51. The fourth-order valence-corrected chi connectivity index (χ4v) is 0.864. The molecule has 0 rings (SSSR count). The van der Waals surface area contributed by atoms with Crippen LogP contribution in [0.2, 0.25) is 0 Å². The van der Waals surface area contributed by atoms with Gasteiger partial charge in [0.15, 0.2) is 0 Å². The molecular weight excluding hydrogens is 140 g/mol. The summed E-state index contributed by atoms with van der Waals surface area (Å²) in [5, 5.41) is 0. The van der Waals surface area contributed by atoms with E-state index in [9.17, 15) is 4.79 Å². The van der Waals surface area contributed by atoms with E-state index >= 15 is 0 Å². The van der Waals surface area contributed by atoms with E-state index in [0.717, 1.165) is 12.8 Å². The summed E-state index contributed by atoms with van der Waals surface area (Å²) in [6.07, 6.45) is 3.97. The monoisotopic (exact) mass is 156 g/mol. The van der Waals surface area contributed by atoms with E-state index in [2.05, 4.69) is 13.5 Å². The molecule has 0 saturated carbocycles. The van der Waals surface area contributed by atoms with Crippen LogP contribution in [0.3, 0.4) is 0 Å². The van der Waals surface area contributed by atoms with Gasteiger partial charge in [-0.25, -0.2) is 0 Å². The maximum Gasteiger partial charge on any atom is 0.302 e. The average molecular weight is 156 g/mol. The highest BCUT2D eigenvalue weighted by atomic mass is 16.5. The predicted molar refractivity (Wildman–Crippen MR) is 45.2 cm³/mol. The largest absolute Gasteiger partial charge is 0.465 e. The first-order chi connectivity index (χ1) is 5.20. The van der Waals surface area contributed by atoms with Crippen LogP contribution in [0.4, 0.5) is 0 Å². The van der Waals surface area contributed by atoms with Crippen molar-refractivity contribution >= 4 is 5.97 Å². The lowest BCUT2D eigenvalue weighted by Gasteiger charge is -2.09. The average Bonchev–Trinajstić information content (AvgIpc) is 1.97. The van der Waals surface area contributed by atoms with Crippen molar-refractivity contribution in [2.75, 3.05) is 6.61 Å². The molecule has 0 aromatic carbocycles. The summed E-state index contributed by atoms with van der Waals surface area (Å²) < 4.78 is 4.84. The standard InChI is InChI=1S/C9H16O2/c1-4-6-9(5-2)7-11-8(3)10/h5,9H,2,4,6-7H2,1,3H3. The predicted octanol–water partition coefficient (Wildman–Crippen LogP) is 2.15. The third kappa shape index (κ3) is 5.64. The Morgan fingerprint density at radius 1 is 1.73 bits per heavy atom. The zero-order chi connectivity index (χ0) is 8.69. The Morgan fingerprint density at radius 3 is 2.73 bits per heavy atom. The lowest BCUT2D eigenvalue weighted by molar-refractivity contribution is -0.141. The van der Waals surface area contributed by atoms with E-state index in [-0.39, 0.29) is 5.97 Å². The summed E-state index contributed by atoms with van der Waals surface area (Å²) in [6, 6.07) is 0. The molecule has 0 aromatic rings. The van der Waals surface area contributed by atoms with E-state index in [1.165, 1.54) is 6.92 Å². The SMILES string of the molecule is C=CC(CCC)COC(C)=O. The normalized spacial score (nSPS) is 12.2. The van der Waals surface area contributed by atoms with Crippen LogP contribution in [0.25, 0.3) is 0 Å². The Morgan fingerprint density at radius 2 is 2.36 bits per heavy atom. The van der Waals surface area contributed by atoms with Gasteiger partial charge in [0, 0.05) is 12.8 Å². The number of hydrogen-bond donors (Lipinski definition) is 0. The van der Waals surface area contributed by atoms with Crippen molar-refractivity contribution in [3.05, 3.63) is 12.7 Å². The third-order valence-corrected chi connectivity index (χ3v) is 1.49. The summed E-state index contributed by atoms with van der Waals surface area (Å²) in [4.78, 5) is 10.4. The van der Waals surface area contributed by atoms with E-state index in [0.29, 0.717) is 12.5 Å². The minimum Gasteiger partial charge on any atom is -0.465 e. The van der Waals surface area contributed by atoms with Crippen LogP contribution in [0, 0.1) is 5.92 Å². The molecule has 1 atom stereocenters. The Hall–Kier alpha value is -0.790. The fourth-order valence-electron chi connectivity index (χ4n) is 0.864. The molecule has 0 aliphatic heterocycles. The molecule has 0 heterocycles. The molecule has 0 saturated heterocycles. The van der Waals surface area contributed by atoms with Gasteiger partial charge in [-0.15, -0.1) is 6.58 Å². The highest BCUT2D eigenvalue weighted by Gasteiger charge is 2.03. The van der Waals surface area contributed by atoms with Gasteiger partial charge in [0.25, 0.3) is 0 Å². The van der Waals surface area contributed by atoms with Crippen molar-refractivity contribution in [2.45, 2.75) is 26.7 Å². The minimum atomic E-state index is -0.215. The first kappa shape index (κ1) is 10.2. The van der Waals surface area contributed by atoms with E-state index in [1.807, 2.05) is 6.08 Å². The van der Waals surface area contributed by atoms with E-state index in [4.69, 9.17) is 4.74 Å². The lowest BCUT2D eigenvalue weighted by Crippen LogP contribution is -2.09. The van der Waals surface area contributed by atoms with Crippen molar-refractivity contribution in [3.8, 4) is 0 Å². The highest BCUT2D eigenvalue weighted by Crippen LogP contribution is 2.07. The molecular formula is C9H16O2. The Bertz CT molecular complexity index is 130. The minimum absolute atomic E-state index is 0.215. The van der Waals surface area contributed by atoms with Crippen LogP contribution < -0.4 is 0 Å². The van der Waals surface area contributed by atoms with Crippen LogP contribution in [0.1, 0.15) is 26.7 Å². The first-order valence-corrected chi connectivity index (χ1v) is 3.96. The summed E-state index contributed by atoms with van der Waals surface area (Å²) in [7, 11) is 0. The summed E-state index contributed by atoms with van der Waals surface area (Å²) in [6.45, 7) is 7.67. The Labute approximate surface area is 68.2 Å². The number of rotatable bonds is 5. The summed E-state index contributed by atoms with van der Waals surface area (Å²) >= 11 is 0. The maximum absolute atomic E-state index is 10.4. The van der Waals surface area contributed by atoms with Crippen LogP contribution in [0.15, 0.2) is 12.7 Å². The van der Waals surface area contributed by atoms with Crippen LogP contribution in [-0.4, -0.2) is 12.6 Å². The molecule has 2 heteroatoms. The zero-order valence-corrected chi connectivity index (χ0v) is 7.30. The number of ether oxygens (including phenoxy) is 1. The lowest BCUT2D eigenvalue weighted by atomic mass is 10.1. The van der Waals surface area contributed by atoms with Crippen molar-refractivity contribution in [1.29, 1.82) is 0 Å². The molecule has 0 aromatic heterocycles. The molecule has 0 spiro atoms. The van der Waals surface area contributed by atoms with Gasteiger partial charge in [-0.3, -0.25) is 4.79 Å². The smallest absolute Gasteiger partial charge is 0.302 e. The molecule has 11 heavy (non-hydrogen) atoms. The fraction of sp³-hybridized carbons (Fsp3) is 0.667. The second-order valence-electron chi connectivity index (χ2n) is 2.59. The quantitative estimate of drug-likeness (QED) is 0.450. The molecule has 64 valence electrons. The number of esters is 1. The van der Waals surface area contributed by atoms with E-state index < -0.39 is 0 Å². The number of hydrogen-bond acceptors (Lipinski definition) is 2. The molecule has 0 radical (unpaired) electrons. The van der Waals surface area contributed by atoms with Gasteiger partial charge in [0.1, 0.15) is 0 Å². The molecule has 1 unspecified atom stereocenters. The second-order valence-corrected chi connectivity index (χ2v) is 2.59. The van der Waals surface area contributed by atoms with Crippen LogP contribution >= 0.6 is 0 Å². The van der Waals surface area contributed by atoms with Gasteiger partial charge in [0.05, 0.1) is 6.61 Å². The maximum atomic E-state index is 10.4. The van der Waals surface area contributed by atoms with Crippen LogP contribution in [0.5, 0.6) is 0 Å².